The number of hydrogen-bond acceptors (Lipinski definition) is 3. The van der Waals surface area contributed by atoms with Gasteiger partial charge in [-0.05, 0) is 72.1 Å². The molecule has 3 nitrogen and oxygen atoms in total. The van der Waals surface area contributed by atoms with Crippen LogP contribution in [0.4, 0.5) is 5.69 Å². The molecule has 1 aromatic heterocycles. The van der Waals surface area contributed by atoms with Crippen LogP contribution in [0, 0.1) is 0 Å². The van der Waals surface area contributed by atoms with Crippen molar-refractivity contribution in [3.05, 3.63) is 48.7 Å². The second-order valence-corrected chi connectivity index (χ2v) is 6.67. The van der Waals surface area contributed by atoms with Crippen molar-refractivity contribution in [2.75, 3.05) is 11.9 Å². The van der Waals surface area contributed by atoms with Crippen LogP contribution in [0.3, 0.4) is 0 Å². The van der Waals surface area contributed by atoms with Crippen LogP contribution in [0.15, 0.2) is 42.3 Å². The van der Waals surface area contributed by atoms with Crippen molar-refractivity contribution in [3.8, 4) is 0 Å². The van der Waals surface area contributed by atoms with E-state index in [0.717, 1.165) is 20.4 Å². The molecular formula is C12H10Br3ClN2O. The molecule has 0 aliphatic heterocycles. The SMILES string of the molecule is NCC(Nc1ccc(Cl)c(Br)c1)c1cc(Br)c(Br)o1. The fourth-order valence-electron chi connectivity index (χ4n) is 1.57. The maximum atomic E-state index is 5.96. The Balaban J connectivity index is 2.21. The zero-order valence-corrected chi connectivity index (χ0v) is 15.1. The largest absolute Gasteiger partial charge is 0.451 e. The lowest BCUT2D eigenvalue weighted by Gasteiger charge is -2.16. The van der Waals surface area contributed by atoms with Gasteiger partial charge in [0.05, 0.1) is 15.5 Å². The summed E-state index contributed by atoms with van der Waals surface area (Å²) < 4.78 is 7.93. The van der Waals surface area contributed by atoms with Gasteiger partial charge in [0, 0.05) is 16.7 Å². The van der Waals surface area contributed by atoms with E-state index >= 15 is 0 Å². The number of anilines is 1. The number of halogens is 4. The minimum absolute atomic E-state index is 0.115. The number of rotatable bonds is 4. The maximum absolute atomic E-state index is 5.96. The fourth-order valence-corrected chi connectivity index (χ4v) is 2.67. The van der Waals surface area contributed by atoms with Crippen molar-refractivity contribution in [2.45, 2.75) is 6.04 Å². The van der Waals surface area contributed by atoms with Crippen molar-refractivity contribution in [2.24, 2.45) is 5.73 Å². The van der Waals surface area contributed by atoms with Crippen molar-refractivity contribution >= 4 is 65.1 Å². The molecule has 3 N–H and O–H groups in total. The van der Waals surface area contributed by atoms with Gasteiger partial charge in [0.1, 0.15) is 5.76 Å². The summed E-state index contributed by atoms with van der Waals surface area (Å²) in [5.41, 5.74) is 6.70. The van der Waals surface area contributed by atoms with E-state index in [4.69, 9.17) is 21.8 Å². The number of nitrogens with one attached hydrogen (secondary N) is 1. The summed E-state index contributed by atoms with van der Waals surface area (Å²) in [6.07, 6.45) is 0. The Morgan fingerprint density at radius 1 is 1.21 bits per heavy atom. The number of hydrogen-bond donors (Lipinski definition) is 2. The van der Waals surface area contributed by atoms with Crippen LogP contribution in [0.5, 0.6) is 0 Å². The molecule has 0 bridgehead atoms. The second-order valence-electron chi connectivity index (χ2n) is 3.83. The second kappa shape index (κ2) is 6.63. The predicted octanol–water partition coefficient (Wildman–Crippen LogP) is 5.33. The van der Waals surface area contributed by atoms with Gasteiger partial charge >= 0.3 is 0 Å². The minimum Gasteiger partial charge on any atom is -0.451 e. The molecule has 0 amide bonds. The molecule has 2 rings (SSSR count). The van der Waals surface area contributed by atoms with Crippen LogP contribution in [0.2, 0.25) is 5.02 Å². The molecule has 102 valence electrons. The van der Waals surface area contributed by atoms with Crippen molar-refractivity contribution in [1.29, 1.82) is 0 Å². The fraction of sp³-hybridized carbons (Fsp3) is 0.167. The Labute approximate surface area is 141 Å². The summed E-state index contributed by atoms with van der Waals surface area (Å²) in [5.74, 6) is 0.757. The van der Waals surface area contributed by atoms with Gasteiger partial charge in [0.25, 0.3) is 0 Å². The molecule has 1 heterocycles. The Hall–Kier alpha value is -0.0100. The highest BCUT2D eigenvalue weighted by Gasteiger charge is 2.16. The normalized spacial score (nSPS) is 12.5. The summed E-state index contributed by atoms with van der Waals surface area (Å²) in [6, 6.07) is 7.38. The molecule has 0 saturated heterocycles. The van der Waals surface area contributed by atoms with Crippen LogP contribution < -0.4 is 11.1 Å². The van der Waals surface area contributed by atoms with Gasteiger partial charge in [-0.25, -0.2) is 0 Å². The predicted molar refractivity (Wildman–Crippen MR) is 88.7 cm³/mol. The zero-order valence-electron chi connectivity index (χ0n) is 9.59. The van der Waals surface area contributed by atoms with Gasteiger partial charge < -0.3 is 15.5 Å². The van der Waals surface area contributed by atoms with Crippen LogP contribution in [-0.2, 0) is 0 Å². The molecule has 0 spiro atoms. The zero-order chi connectivity index (χ0) is 14.0. The Morgan fingerprint density at radius 3 is 2.47 bits per heavy atom. The van der Waals surface area contributed by atoms with E-state index in [2.05, 4.69) is 53.1 Å². The maximum Gasteiger partial charge on any atom is 0.183 e. The molecule has 0 fully saturated rings. The van der Waals surface area contributed by atoms with Crippen LogP contribution in [0.1, 0.15) is 11.8 Å². The molecule has 19 heavy (non-hydrogen) atoms. The summed E-state index contributed by atoms with van der Waals surface area (Å²) in [5, 5.41) is 3.97. The van der Waals surface area contributed by atoms with Gasteiger partial charge in [-0.15, -0.1) is 0 Å². The Kier molecular flexibility index (Phi) is 5.37. The van der Waals surface area contributed by atoms with E-state index in [1.165, 1.54) is 0 Å². The molecular weight excluding hydrogens is 463 g/mol. The van der Waals surface area contributed by atoms with Crippen molar-refractivity contribution < 1.29 is 4.42 Å². The van der Waals surface area contributed by atoms with Gasteiger partial charge in [0.15, 0.2) is 4.67 Å². The van der Waals surface area contributed by atoms with E-state index in [-0.39, 0.29) is 6.04 Å². The standard InChI is InChI=1S/C12H10Br3ClN2O/c13-7-3-6(1-2-9(7)16)18-10(5-17)11-4-8(14)12(15)19-11/h1-4,10,18H,5,17H2. The minimum atomic E-state index is -0.115. The first kappa shape index (κ1) is 15.4. The molecule has 0 saturated carbocycles. The van der Waals surface area contributed by atoms with Crippen LogP contribution >= 0.6 is 59.4 Å². The third-order valence-corrected chi connectivity index (χ3v) is 5.43. The molecule has 1 atom stereocenters. The topological polar surface area (TPSA) is 51.2 Å². The van der Waals surface area contributed by atoms with E-state index < -0.39 is 0 Å². The first-order valence-electron chi connectivity index (χ1n) is 5.37. The highest BCUT2D eigenvalue weighted by Crippen LogP contribution is 2.32. The lowest BCUT2D eigenvalue weighted by Crippen LogP contribution is -2.20. The smallest absolute Gasteiger partial charge is 0.183 e. The van der Waals surface area contributed by atoms with E-state index in [1.807, 2.05) is 24.3 Å². The van der Waals surface area contributed by atoms with E-state index in [9.17, 15) is 0 Å². The summed E-state index contributed by atoms with van der Waals surface area (Å²) in [6.45, 7) is 0.409. The third-order valence-electron chi connectivity index (χ3n) is 2.50. The molecule has 0 aliphatic rings. The molecule has 0 radical (unpaired) electrons. The lowest BCUT2D eigenvalue weighted by molar-refractivity contribution is 0.462. The van der Waals surface area contributed by atoms with Gasteiger partial charge in [-0.1, -0.05) is 11.6 Å². The van der Waals surface area contributed by atoms with Gasteiger partial charge in [-0.2, -0.15) is 0 Å². The lowest BCUT2D eigenvalue weighted by atomic mass is 10.2. The quantitative estimate of drug-likeness (QED) is 0.631. The first-order chi connectivity index (χ1) is 9.01. The third kappa shape index (κ3) is 3.76. The highest BCUT2D eigenvalue weighted by molar-refractivity contribution is 9.13. The molecule has 1 unspecified atom stereocenters. The Morgan fingerprint density at radius 2 is 1.95 bits per heavy atom. The molecule has 1 aromatic carbocycles. The average molecular weight is 473 g/mol. The van der Waals surface area contributed by atoms with E-state index in [0.29, 0.717) is 16.2 Å². The molecule has 0 aliphatic carbocycles. The van der Waals surface area contributed by atoms with E-state index in [1.54, 1.807) is 0 Å². The molecule has 7 heteroatoms. The number of nitrogens with two attached hydrogens (primary N) is 1. The number of furan rings is 1. The highest BCUT2D eigenvalue weighted by atomic mass is 79.9. The van der Waals surface area contributed by atoms with Gasteiger partial charge in [0.2, 0.25) is 0 Å². The van der Waals surface area contributed by atoms with Crippen molar-refractivity contribution in [1.82, 2.24) is 0 Å². The van der Waals surface area contributed by atoms with Crippen LogP contribution in [-0.4, -0.2) is 6.54 Å². The summed E-state index contributed by atoms with van der Waals surface area (Å²) in [4.78, 5) is 0. The summed E-state index contributed by atoms with van der Waals surface area (Å²) >= 11 is 16.0. The van der Waals surface area contributed by atoms with Crippen LogP contribution in [0.25, 0.3) is 0 Å². The van der Waals surface area contributed by atoms with Crippen molar-refractivity contribution in [3.63, 3.8) is 0 Å². The Bertz CT molecular complexity index is 569. The monoisotopic (exact) mass is 470 g/mol. The average Bonchev–Trinajstić information content (AvgIpc) is 2.71. The molecule has 2 aromatic rings. The van der Waals surface area contributed by atoms with Gasteiger partial charge in [-0.3, -0.25) is 0 Å². The number of benzene rings is 1. The first-order valence-corrected chi connectivity index (χ1v) is 8.13. The summed E-state index contributed by atoms with van der Waals surface area (Å²) in [7, 11) is 0.